The molecule has 1 aromatic carbocycles. The lowest BCUT2D eigenvalue weighted by Gasteiger charge is -2.06. The van der Waals surface area contributed by atoms with Gasteiger partial charge in [-0.1, -0.05) is 12.1 Å². The summed E-state index contributed by atoms with van der Waals surface area (Å²) in [4.78, 5) is 4.20. The summed E-state index contributed by atoms with van der Waals surface area (Å²) in [5.74, 6) is -0.158. The summed E-state index contributed by atoms with van der Waals surface area (Å²) in [6.45, 7) is 0. The van der Waals surface area contributed by atoms with Gasteiger partial charge in [-0.2, -0.15) is 0 Å². The van der Waals surface area contributed by atoms with Crippen molar-refractivity contribution in [2.75, 3.05) is 5.73 Å². The van der Waals surface area contributed by atoms with Crippen LogP contribution in [0, 0.1) is 0 Å². The molecule has 2 aromatic rings. The van der Waals surface area contributed by atoms with Gasteiger partial charge in [0.2, 0.25) is 0 Å². The predicted octanol–water partition coefficient (Wildman–Crippen LogP) is 2.40. The van der Waals surface area contributed by atoms with Crippen molar-refractivity contribution in [3.63, 3.8) is 0 Å². The molecule has 0 radical (unpaired) electrons. The average Bonchev–Trinajstić information content (AvgIpc) is 2.32. The van der Waals surface area contributed by atoms with Crippen LogP contribution in [0.5, 0.6) is 0 Å². The number of rotatable bonds is 3. The maximum Gasteiger partial charge on any atom is 0.186 e. The van der Waals surface area contributed by atoms with E-state index in [2.05, 4.69) is 20.9 Å². The first kappa shape index (κ1) is 13.0. The average molecular weight is 327 g/mol. The van der Waals surface area contributed by atoms with Crippen molar-refractivity contribution in [1.82, 2.24) is 4.98 Å². The molecule has 6 heteroatoms. The number of hydrogen-bond acceptors (Lipinski definition) is 4. The molecule has 0 amide bonds. The molecule has 1 aromatic heterocycles. The molecule has 4 nitrogen and oxygen atoms in total. The summed E-state index contributed by atoms with van der Waals surface area (Å²) in [5.41, 5.74) is 6.42. The van der Waals surface area contributed by atoms with Crippen LogP contribution in [-0.4, -0.2) is 13.4 Å². The SMILES string of the molecule is Nc1ccccc1S(=O)(=O)Cc1ccc(Br)cn1. The molecule has 0 saturated carbocycles. The number of benzene rings is 1. The first-order chi connectivity index (χ1) is 8.49. The number of pyridine rings is 1. The summed E-state index contributed by atoms with van der Waals surface area (Å²) in [6, 6.07) is 9.85. The number of aromatic nitrogens is 1. The van der Waals surface area contributed by atoms with Crippen LogP contribution in [-0.2, 0) is 15.6 Å². The van der Waals surface area contributed by atoms with Gasteiger partial charge in [-0.15, -0.1) is 0 Å². The number of hydrogen-bond donors (Lipinski definition) is 1. The second-order valence-electron chi connectivity index (χ2n) is 3.76. The van der Waals surface area contributed by atoms with Crippen LogP contribution in [0.25, 0.3) is 0 Å². The zero-order valence-corrected chi connectivity index (χ0v) is 11.8. The van der Waals surface area contributed by atoms with Crippen LogP contribution in [0.4, 0.5) is 5.69 Å². The van der Waals surface area contributed by atoms with Crippen molar-refractivity contribution in [2.24, 2.45) is 0 Å². The predicted molar refractivity (Wildman–Crippen MR) is 73.7 cm³/mol. The van der Waals surface area contributed by atoms with E-state index in [1.54, 1.807) is 36.5 Å². The normalized spacial score (nSPS) is 11.4. The molecule has 0 aliphatic heterocycles. The second kappa shape index (κ2) is 5.07. The molecule has 18 heavy (non-hydrogen) atoms. The van der Waals surface area contributed by atoms with Crippen LogP contribution in [0.3, 0.4) is 0 Å². The molecule has 0 bridgehead atoms. The second-order valence-corrected chi connectivity index (χ2v) is 6.64. The van der Waals surface area contributed by atoms with E-state index in [1.807, 2.05) is 0 Å². The molecular weight excluding hydrogens is 316 g/mol. The fourth-order valence-electron chi connectivity index (χ4n) is 1.53. The van der Waals surface area contributed by atoms with Gasteiger partial charge in [0.25, 0.3) is 0 Å². The molecule has 0 saturated heterocycles. The molecule has 94 valence electrons. The highest BCUT2D eigenvalue weighted by molar-refractivity contribution is 9.10. The molecule has 2 N–H and O–H groups in total. The molecule has 0 atom stereocenters. The Morgan fingerprint density at radius 2 is 1.89 bits per heavy atom. The molecule has 0 unspecified atom stereocenters. The standard InChI is InChI=1S/C12H11BrN2O2S/c13-9-5-6-10(15-7-9)8-18(16,17)12-4-2-1-3-11(12)14/h1-7H,8,14H2. The molecule has 0 fully saturated rings. The van der Waals surface area contributed by atoms with Gasteiger partial charge in [-0.05, 0) is 40.2 Å². The first-order valence-electron chi connectivity index (χ1n) is 5.17. The van der Waals surface area contributed by atoms with Gasteiger partial charge in [0.1, 0.15) is 0 Å². The zero-order valence-electron chi connectivity index (χ0n) is 9.38. The lowest BCUT2D eigenvalue weighted by atomic mass is 10.3. The molecule has 0 aliphatic carbocycles. The molecular formula is C12H11BrN2O2S. The van der Waals surface area contributed by atoms with Gasteiger partial charge >= 0.3 is 0 Å². The number of nitrogens with zero attached hydrogens (tertiary/aromatic N) is 1. The van der Waals surface area contributed by atoms with Crippen molar-refractivity contribution < 1.29 is 8.42 Å². The number of anilines is 1. The van der Waals surface area contributed by atoms with Crippen LogP contribution in [0.2, 0.25) is 0 Å². The summed E-state index contributed by atoms with van der Waals surface area (Å²) in [7, 11) is -3.46. The van der Waals surface area contributed by atoms with E-state index in [4.69, 9.17) is 5.73 Å². The van der Waals surface area contributed by atoms with E-state index in [1.165, 1.54) is 6.07 Å². The molecule has 1 heterocycles. The summed E-state index contributed by atoms with van der Waals surface area (Å²) >= 11 is 3.25. The van der Waals surface area contributed by atoms with Gasteiger partial charge in [-0.3, -0.25) is 4.98 Å². The molecule has 0 spiro atoms. The van der Waals surface area contributed by atoms with Crippen LogP contribution < -0.4 is 5.73 Å². The Balaban J connectivity index is 2.33. The highest BCUT2D eigenvalue weighted by Gasteiger charge is 2.18. The van der Waals surface area contributed by atoms with Crippen LogP contribution >= 0.6 is 15.9 Å². The highest BCUT2D eigenvalue weighted by Crippen LogP contribution is 2.21. The fourth-order valence-corrected chi connectivity index (χ4v) is 3.19. The minimum absolute atomic E-state index is 0.148. The zero-order chi connectivity index (χ0) is 13.2. The third-order valence-electron chi connectivity index (χ3n) is 2.38. The summed E-state index contributed by atoms with van der Waals surface area (Å²) in [5, 5.41) is 0. The van der Waals surface area contributed by atoms with Gasteiger partial charge in [-0.25, -0.2) is 8.42 Å². The number of sulfone groups is 1. The van der Waals surface area contributed by atoms with Crippen molar-refractivity contribution in [3.8, 4) is 0 Å². The number of nitrogen functional groups attached to an aromatic ring is 1. The highest BCUT2D eigenvalue weighted by atomic mass is 79.9. The van der Waals surface area contributed by atoms with E-state index >= 15 is 0 Å². The van der Waals surface area contributed by atoms with Crippen molar-refractivity contribution in [2.45, 2.75) is 10.6 Å². The van der Waals surface area contributed by atoms with E-state index in [0.717, 1.165) is 4.47 Å². The summed E-state index contributed by atoms with van der Waals surface area (Å²) < 4.78 is 25.2. The van der Waals surface area contributed by atoms with Gasteiger partial charge in [0, 0.05) is 10.7 Å². The maximum atomic E-state index is 12.2. The van der Waals surface area contributed by atoms with Gasteiger partial charge in [0.05, 0.1) is 22.0 Å². The topological polar surface area (TPSA) is 73.1 Å². The van der Waals surface area contributed by atoms with Gasteiger partial charge in [0.15, 0.2) is 9.84 Å². The van der Waals surface area contributed by atoms with Crippen molar-refractivity contribution >= 4 is 31.5 Å². The van der Waals surface area contributed by atoms with Crippen LogP contribution in [0.1, 0.15) is 5.69 Å². The van der Waals surface area contributed by atoms with Crippen LogP contribution in [0.15, 0.2) is 52.0 Å². The Morgan fingerprint density at radius 1 is 1.17 bits per heavy atom. The third-order valence-corrected chi connectivity index (χ3v) is 4.57. The smallest absolute Gasteiger partial charge is 0.186 e. The largest absolute Gasteiger partial charge is 0.398 e. The van der Waals surface area contributed by atoms with E-state index in [9.17, 15) is 8.42 Å². The Labute approximate surface area is 114 Å². The maximum absolute atomic E-state index is 12.2. The minimum atomic E-state index is -3.46. The Morgan fingerprint density at radius 3 is 2.50 bits per heavy atom. The lowest BCUT2D eigenvalue weighted by Crippen LogP contribution is -2.08. The lowest BCUT2D eigenvalue weighted by molar-refractivity contribution is 0.595. The minimum Gasteiger partial charge on any atom is -0.398 e. The fraction of sp³-hybridized carbons (Fsp3) is 0.0833. The Kier molecular flexibility index (Phi) is 3.68. The Hall–Kier alpha value is -1.40. The van der Waals surface area contributed by atoms with Gasteiger partial charge < -0.3 is 5.73 Å². The molecule has 2 rings (SSSR count). The van der Waals surface area contributed by atoms with Crippen molar-refractivity contribution in [1.29, 1.82) is 0 Å². The first-order valence-corrected chi connectivity index (χ1v) is 7.61. The number of nitrogens with two attached hydrogens (primary N) is 1. The molecule has 0 aliphatic rings. The Bertz CT molecular complexity index is 654. The third kappa shape index (κ3) is 2.88. The number of halogens is 1. The van der Waals surface area contributed by atoms with E-state index < -0.39 is 9.84 Å². The van der Waals surface area contributed by atoms with E-state index in [-0.39, 0.29) is 16.3 Å². The quantitative estimate of drug-likeness (QED) is 0.879. The monoisotopic (exact) mass is 326 g/mol. The van der Waals surface area contributed by atoms with E-state index in [0.29, 0.717) is 5.69 Å². The number of para-hydroxylation sites is 1. The van der Waals surface area contributed by atoms with Crippen molar-refractivity contribution in [3.05, 3.63) is 52.8 Å². The summed E-state index contributed by atoms with van der Waals surface area (Å²) in [6.07, 6.45) is 1.57.